The van der Waals surface area contributed by atoms with Gasteiger partial charge in [-0.05, 0) is 48.0 Å². The fourth-order valence-electron chi connectivity index (χ4n) is 1.74. The second kappa shape index (κ2) is 7.65. The molecule has 2 aromatic carbocycles. The highest BCUT2D eigenvalue weighted by Crippen LogP contribution is 2.26. The van der Waals surface area contributed by atoms with Crippen molar-refractivity contribution in [2.75, 3.05) is 6.61 Å². The second-order valence-corrected chi connectivity index (χ2v) is 5.10. The molecule has 110 valence electrons. The van der Waals surface area contributed by atoms with Crippen molar-refractivity contribution < 1.29 is 9.53 Å². The Morgan fingerprint density at radius 1 is 1.18 bits per heavy atom. The third-order valence-electron chi connectivity index (χ3n) is 2.84. The van der Waals surface area contributed by atoms with Crippen molar-refractivity contribution in [2.24, 2.45) is 0 Å². The molecule has 0 radical (unpaired) electrons. The molecule has 2 rings (SSSR count). The van der Waals surface area contributed by atoms with Gasteiger partial charge in [0.1, 0.15) is 11.8 Å². The maximum absolute atomic E-state index is 12.1. The van der Waals surface area contributed by atoms with Crippen molar-refractivity contribution >= 4 is 35.1 Å². The lowest BCUT2D eigenvalue weighted by molar-refractivity contribution is 0.104. The fraction of sp³-hybridized carbons (Fsp3) is 0.0588. The van der Waals surface area contributed by atoms with Gasteiger partial charge in [0.05, 0.1) is 10.0 Å². The van der Waals surface area contributed by atoms with Gasteiger partial charge in [-0.2, -0.15) is 5.26 Å². The third kappa shape index (κ3) is 4.11. The van der Waals surface area contributed by atoms with E-state index in [-0.39, 0.29) is 12.4 Å². The molecule has 0 aromatic heterocycles. The Bertz CT molecular complexity index is 746. The molecule has 0 aliphatic carbocycles. The summed E-state index contributed by atoms with van der Waals surface area (Å²) in [5.41, 5.74) is 1.19. The average Bonchev–Trinajstić information content (AvgIpc) is 2.54. The molecule has 0 aliphatic rings. The van der Waals surface area contributed by atoms with E-state index in [1.807, 2.05) is 6.07 Å². The Hall–Kier alpha value is -2.28. The number of ether oxygens (including phenoxy) is 1. The molecule has 0 unspecified atom stereocenters. The minimum Gasteiger partial charge on any atom is -0.479 e. The van der Waals surface area contributed by atoms with E-state index in [4.69, 9.17) is 33.2 Å². The summed E-state index contributed by atoms with van der Waals surface area (Å²) in [5.74, 6) is 0.378. The van der Waals surface area contributed by atoms with Crippen LogP contribution in [0.15, 0.2) is 48.5 Å². The van der Waals surface area contributed by atoms with E-state index in [0.29, 0.717) is 26.9 Å². The van der Waals surface area contributed by atoms with Gasteiger partial charge in [-0.3, -0.25) is 4.79 Å². The van der Waals surface area contributed by atoms with Crippen molar-refractivity contribution in [3.63, 3.8) is 0 Å². The summed E-state index contributed by atoms with van der Waals surface area (Å²) >= 11 is 12.0. The lowest BCUT2D eigenvalue weighted by Crippen LogP contribution is -1.96. The quantitative estimate of drug-likeness (QED) is 0.584. The molecule has 5 heteroatoms. The molecule has 0 fully saturated rings. The molecule has 3 nitrogen and oxygen atoms in total. The number of rotatable bonds is 5. The number of nitrogens with zero attached hydrogens (tertiary/aromatic N) is 1. The van der Waals surface area contributed by atoms with Crippen LogP contribution in [0.1, 0.15) is 15.9 Å². The summed E-state index contributed by atoms with van der Waals surface area (Å²) in [6, 6.07) is 13.7. The normalized spacial score (nSPS) is 10.4. The summed E-state index contributed by atoms with van der Waals surface area (Å²) in [5, 5.41) is 9.28. The largest absolute Gasteiger partial charge is 0.479 e. The number of ketones is 1. The van der Waals surface area contributed by atoms with Crippen molar-refractivity contribution in [3.8, 4) is 11.8 Å². The van der Waals surface area contributed by atoms with Crippen LogP contribution in [0.5, 0.6) is 5.75 Å². The first kappa shape index (κ1) is 16.1. The van der Waals surface area contributed by atoms with E-state index in [1.165, 1.54) is 6.08 Å². The summed E-state index contributed by atoms with van der Waals surface area (Å²) < 4.78 is 5.13. The molecule has 0 aliphatic heterocycles. The molecule has 2 aromatic rings. The van der Waals surface area contributed by atoms with Crippen LogP contribution in [0.4, 0.5) is 0 Å². The summed E-state index contributed by atoms with van der Waals surface area (Å²) in [6.45, 7) is -0.0273. The standard InChI is InChI=1S/C17H11Cl2NO2/c18-15-3-1-2-13(17(15)19)6-9-16(21)12-4-7-14(8-5-12)22-11-10-20/h1-9H,11H2/b9-6+. The highest BCUT2D eigenvalue weighted by atomic mass is 35.5. The number of carbonyl (C=O) groups excluding carboxylic acids is 1. The zero-order chi connectivity index (χ0) is 15.9. The molecule has 0 atom stereocenters. The Morgan fingerprint density at radius 2 is 1.91 bits per heavy atom. The second-order valence-electron chi connectivity index (χ2n) is 4.31. The van der Waals surface area contributed by atoms with Crippen LogP contribution in [0.3, 0.4) is 0 Å². The first-order valence-corrected chi connectivity index (χ1v) is 7.13. The number of hydrogen-bond donors (Lipinski definition) is 0. The molecular formula is C17H11Cl2NO2. The topological polar surface area (TPSA) is 50.1 Å². The summed E-state index contributed by atoms with van der Waals surface area (Å²) in [7, 11) is 0. The molecule has 0 saturated heterocycles. The maximum atomic E-state index is 12.1. The molecule has 0 amide bonds. The van der Waals surface area contributed by atoms with Crippen molar-refractivity contribution in [1.82, 2.24) is 0 Å². The number of allylic oxidation sites excluding steroid dienone is 1. The van der Waals surface area contributed by atoms with Crippen molar-refractivity contribution in [3.05, 3.63) is 69.7 Å². The van der Waals surface area contributed by atoms with E-state index in [9.17, 15) is 4.79 Å². The summed E-state index contributed by atoms with van der Waals surface area (Å²) in [4.78, 5) is 12.1. The predicted molar refractivity (Wildman–Crippen MR) is 87.4 cm³/mol. The zero-order valence-electron chi connectivity index (χ0n) is 11.4. The monoisotopic (exact) mass is 331 g/mol. The number of nitriles is 1. The Balaban J connectivity index is 2.10. The van der Waals surface area contributed by atoms with Crippen LogP contribution in [0.25, 0.3) is 6.08 Å². The van der Waals surface area contributed by atoms with Crippen LogP contribution in [0.2, 0.25) is 10.0 Å². The maximum Gasteiger partial charge on any atom is 0.185 e. The molecular weight excluding hydrogens is 321 g/mol. The van der Waals surface area contributed by atoms with Gasteiger partial charge in [0.2, 0.25) is 0 Å². The molecule has 0 bridgehead atoms. The van der Waals surface area contributed by atoms with Gasteiger partial charge in [0.25, 0.3) is 0 Å². The minimum atomic E-state index is -0.164. The highest BCUT2D eigenvalue weighted by Gasteiger charge is 2.04. The molecule has 22 heavy (non-hydrogen) atoms. The summed E-state index contributed by atoms with van der Waals surface area (Å²) in [6.07, 6.45) is 3.05. The average molecular weight is 332 g/mol. The zero-order valence-corrected chi connectivity index (χ0v) is 12.9. The Labute approximate surface area is 138 Å². The van der Waals surface area contributed by atoms with E-state index < -0.39 is 0 Å². The van der Waals surface area contributed by atoms with Gasteiger partial charge in [-0.1, -0.05) is 35.3 Å². The van der Waals surface area contributed by atoms with Crippen LogP contribution in [-0.2, 0) is 0 Å². The van der Waals surface area contributed by atoms with Crippen LogP contribution in [-0.4, -0.2) is 12.4 Å². The SMILES string of the molecule is N#CCOc1ccc(C(=O)/C=C/c2cccc(Cl)c2Cl)cc1. The van der Waals surface area contributed by atoms with Crippen molar-refractivity contribution in [1.29, 1.82) is 5.26 Å². The first-order valence-electron chi connectivity index (χ1n) is 6.38. The lowest BCUT2D eigenvalue weighted by Gasteiger charge is -2.02. The molecule has 0 spiro atoms. The molecule has 0 heterocycles. The fourth-order valence-corrected chi connectivity index (χ4v) is 2.11. The third-order valence-corrected chi connectivity index (χ3v) is 3.67. The van der Waals surface area contributed by atoms with E-state index >= 15 is 0 Å². The highest BCUT2D eigenvalue weighted by molar-refractivity contribution is 6.42. The van der Waals surface area contributed by atoms with E-state index in [2.05, 4.69) is 0 Å². The van der Waals surface area contributed by atoms with E-state index in [0.717, 1.165) is 0 Å². The smallest absolute Gasteiger partial charge is 0.185 e. The van der Waals surface area contributed by atoms with Crippen molar-refractivity contribution in [2.45, 2.75) is 0 Å². The van der Waals surface area contributed by atoms with Crippen LogP contribution >= 0.6 is 23.2 Å². The van der Waals surface area contributed by atoms with Gasteiger partial charge in [-0.15, -0.1) is 0 Å². The minimum absolute atomic E-state index is 0.0273. The Kier molecular flexibility index (Phi) is 5.60. The van der Waals surface area contributed by atoms with Crippen LogP contribution in [0, 0.1) is 11.3 Å². The first-order chi connectivity index (χ1) is 10.6. The van der Waals surface area contributed by atoms with Gasteiger partial charge in [0.15, 0.2) is 12.4 Å². The van der Waals surface area contributed by atoms with Crippen LogP contribution < -0.4 is 4.74 Å². The van der Waals surface area contributed by atoms with Gasteiger partial charge >= 0.3 is 0 Å². The van der Waals surface area contributed by atoms with E-state index in [1.54, 1.807) is 48.5 Å². The predicted octanol–water partition coefficient (Wildman–Crippen LogP) is 4.79. The lowest BCUT2D eigenvalue weighted by atomic mass is 10.1. The van der Waals surface area contributed by atoms with Gasteiger partial charge in [-0.25, -0.2) is 0 Å². The number of carbonyl (C=O) groups is 1. The molecule has 0 saturated carbocycles. The van der Waals surface area contributed by atoms with Gasteiger partial charge in [0, 0.05) is 5.56 Å². The number of halogens is 2. The Morgan fingerprint density at radius 3 is 2.59 bits per heavy atom. The number of hydrogen-bond acceptors (Lipinski definition) is 3. The number of benzene rings is 2. The van der Waals surface area contributed by atoms with Gasteiger partial charge < -0.3 is 4.74 Å². The molecule has 0 N–H and O–H groups in total.